The van der Waals surface area contributed by atoms with Gasteiger partial charge in [0.15, 0.2) is 11.5 Å². The van der Waals surface area contributed by atoms with Crippen molar-refractivity contribution >= 4 is 17.6 Å². The number of halogens is 3. The smallest absolute Gasteiger partial charge is 0.434 e. The molecular formula is C39H49F3N4O5. The molecule has 1 aliphatic heterocycles. The number of esters is 1. The average molecular weight is 711 g/mol. The van der Waals surface area contributed by atoms with Crippen molar-refractivity contribution in [3.8, 4) is 11.6 Å². The summed E-state index contributed by atoms with van der Waals surface area (Å²) in [6.07, 6.45) is 0.798. The topological polar surface area (TPSA) is 95.8 Å². The summed E-state index contributed by atoms with van der Waals surface area (Å²) < 4.78 is 60.3. The van der Waals surface area contributed by atoms with E-state index in [1.807, 2.05) is 26.8 Å². The van der Waals surface area contributed by atoms with Crippen LogP contribution in [0, 0.1) is 5.41 Å². The largest absolute Gasteiger partial charge is 0.489 e. The van der Waals surface area contributed by atoms with Gasteiger partial charge in [-0.2, -0.15) is 18.3 Å². The number of pyridine rings is 1. The van der Waals surface area contributed by atoms with Gasteiger partial charge in [-0.25, -0.2) is 19.3 Å². The van der Waals surface area contributed by atoms with Gasteiger partial charge in [0.1, 0.15) is 23.5 Å². The van der Waals surface area contributed by atoms with Crippen LogP contribution in [-0.4, -0.2) is 63.6 Å². The number of piperidine rings is 1. The highest BCUT2D eigenvalue weighted by molar-refractivity contribution is 5.90. The predicted octanol–water partition coefficient (Wildman–Crippen LogP) is 9.18. The van der Waals surface area contributed by atoms with E-state index in [9.17, 15) is 22.8 Å². The first-order valence-electron chi connectivity index (χ1n) is 17.8. The molecule has 12 heteroatoms. The minimum Gasteiger partial charge on any atom is -0.489 e. The standard InChI is InChI=1S/C39H49F3N4O5/c1-8-25-22-27(15-16-28(25)26-17-20-45(21-18-26)36(48)51-37(3,4)5)50-24-31-29(12-11-19-38(31,6)7)32-13-10-14-33(44-32)46-34(39(40,41)42)30(23-43-46)35(47)49-9-2/h10,13-16,22-23,26H,8-9,11-12,17-21,24H2,1-7H3. The number of hydrogen-bond donors (Lipinski definition) is 0. The molecule has 0 spiro atoms. The molecule has 2 aliphatic rings. The van der Waals surface area contributed by atoms with Gasteiger partial charge in [0.25, 0.3) is 0 Å². The maximum absolute atomic E-state index is 14.2. The zero-order valence-electron chi connectivity index (χ0n) is 30.7. The number of aryl methyl sites for hydroxylation is 1. The number of ether oxygens (including phenoxy) is 3. The average Bonchev–Trinajstić information content (AvgIpc) is 3.53. The molecule has 51 heavy (non-hydrogen) atoms. The van der Waals surface area contributed by atoms with Crippen LogP contribution < -0.4 is 4.74 Å². The van der Waals surface area contributed by atoms with Crippen molar-refractivity contribution in [3.05, 3.63) is 76.2 Å². The molecule has 1 saturated heterocycles. The van der Waals surface area contributed by atoms with Crippen LogP contribution in [0.3, 0.4) is 0 Å². The summed E-state index contributed by atoms with van der Waals surface area (Å²) in [7, 11) is 0. The number of benzene rings is 1. The summed E-state index contributed by atoms with van der Waals surface area (Å²) in [6.45, 7) is 15.1. The van der Waals surface area contributed by atoms with E-state index in [1.54, 1.807) is 17.0 Å². The van der Waals surface area contributed by atoms with Crippen LogP contribution in [-0.2, 0) is 22.1 Å². The highest BCUT2D eigenvalue weighted by atomic mass is 19.4. The molecule has 0 atom stereocenters. The number of aromatic nitrogens is 3. The third-order valence-corrected chi connectivity index (χ3v) is 9.67. The fourth-order valence-electron chi connectivity index (χ4n) is 7.08. The zero-order chi connectivity index (χ0) is 37.1. The van der Waals surface area contributed by atoms with Crippen molar-refractivity contribution in [1.82, 2.24) is 19.7 Å². The fraction of sp³-hybridized carbons (Fsp3) is 0.538. The van der Waals surface area contributed by atoms with Gasteiger partial charge in [-0.1, -0.05) is 32.9 Å². The molecule has 9 nitrogen and oxygen atoms in total. The molecular weight excluding hydrogens is 661 g/mol. The minimum atomic E-state index is -4.87. The summed E-state index contributed by atoms with van der Waals surface area (Å²) >= 11 is 0. The molecule has 0 radical (unpaired) electrons. The molecule has 1 amide bonds. The minimum absolute atomic E-state index is 0.0494. The Labute approximate surface area is 298 Å². The summed E-state index contributed by atoms with van der Waals surface area (Å²) in [6, 6.07) is 11.1. The predicted molar refractivity (Wildman–Crippen MR) is 188 cm³/mol. The SMILES string of the molecule is CCOC(=O)c1cnn(-c2cccc(C3=C(COc4ccc(C5CCN(C(=O)OC(C)(C)C)CC5)c(CC)c4)C(C)(C)CCC3)n2)c1C(F)(F)F. The quantitative estimate of drug-likeness (QED) is 0.204. The molecule has 1 aliphatic carbocycles. The second-order valence-electron chi connectivity index (χ2n) is 14.9. The van der Waals surface area contributed by atoms with Gasteiger partial charge in [-0.15, -0.1) is 0 Å². The van der Waals surface area contributed by atoms with Crippen LogP contribution >= 0.6 is 0 Å². The van der Waals surface area contributed by atoms with Crippen molar-refractivity contribution in [3.63, 3.8) is 0 Å². The lowest BCUT2D eigenvalue weighted by atomic mass is 9.72. The van der Waals surface area contributed by atoms with Gasteiger partial charge in [-0.3, -0.25) is 0 Å². The zero-order valence-corrected chi connectivity index (χ0v) is 30.7. The Morgan fingerprint density at radius 2 is 1.76 bits per heavy atom. The van der Waals surface area contributed by atoms with Crippen LogP contribution in [0.2, 0.25) is 0 Å². The lowest BCUT2D eigenvalue weighted by Crippen LogP contribution is -2.41. The number of hydrogen-bond acceptors (Lipinski definition) is 7. The van der Waals surface area contributed by atoms with Crippen LogP contribution in [0.4, 0.5) is 18.0 Å². The molecule has 1 fully saturated rings. The second-order valence-corrected chi connectivity index (χ2v) is 14.9. The molecule has 0 N–H and O–H groups in total. The number of likely N-dealkylation sites (tertiary alicyclic amines) is 1. The van der Waals surface area contributed by atoms with Crippen molar-refractivity contribution in [1.29, 1.82) is 0 Å². The van der Waals surface area contributed by atoms with Gasteiger partial charge >= 0.3 is 18.2 Å². The maximum atomic E-state index is 14.2. The second kappa shape index (κ2) is 15.1. The lowest BCUT2D eigenvalue weighted by Gasteiger charge is -2.35. The number of nitrogens with zero attached hydrogens (tertiary/aromatic N) is 4. The summed E-state index contributed by atoms with van der Waals surface area (Å²) in [5.41, 5.74) is 2.35. The Balaban J connectivity index is 1.38. The fourth-order valence-corrected chi connectivity index (χ4v) is 7.08. The first kappa shape index (κ1) is 37.9. The van der Waals surface area contributed by atoms with Crippen molar-refractivity contribution < 1.29 is 37.0 Å². The molecule has 0 bridgehead atoms. The van der Waals surface area contributed by atoms with E-state index in [-0.39, 0.29) is 23.9 Å². The first-order chi connectivity index (χ1) is 24.0. The number of alkyl halides is 3. The van der Waals surface area contributed by atoms with Gasteiger partial charge in [0, 0.05) is 13.1 Å². The van der Waals surface area contributed by atoms with E-state index in [0.29, 0.717) is 42.4 Å². The Morgan fingerprint density at radius 3 is 2.41 bits per heavy atom. The van der Waals surface area contributed by atoms with Crippen LogP contribution in [0.5, 0.6) is 5.75 Å². The number of rotatable bonds is 9. The Kier molecular flexibility index (Phi) is 11.2. The molecule has 3 aromatic rings. The van der Waals surface area contributed by atoms with Gasteiger partial charge in [-0.05, 0) is 124 Å². The van der Waals surface area contributed by atoms with Crippen molar-refractivity contribution in [2.75, 3.05) is 26.3 Å². The molecule has 276 valence electrons. The monoisotopic (exact) mass is 710 g/mol. The summed E-state index contributed by atoms with van der Waals surface area (Å²) in [5, 5.41) is 3.92. The molecule has 1 aromatic carbocycles. The Hall–Kier alpha value is -4.35. The summed E-state index contributed by atoms with van der Waals surface area (Å²) in [5.74, 6) is -0.0638. The number of carbonyl (C=O) groups is 2. The van der Waals surface area contributed by atoms with E-state index < -0.39 is 29.0 Å². The van der Waals surface area contributed by atoms with E-state index in [1.165, 1.54) is 24.1 Å². The Morgan fingerprint density at radius 1 is 1.04 bits per heavy atom. The van der Waals surface area contributed by atoms with E-state index in [4.69, 9.17) is 14.2 Å². The van der Waals surface area contributed by atoms with Crippen LogP contribution in [0.1, 0.15) is 119 Å². The highest BCUT2D eigenvalue weighted by Crippen LogP contribution is 2.44. The molecule has 0 unspecified atom stereocenters. The number of amides is 1. The molecule has 5 rings (SSSR count). The highest BCUT2D eigenvalue weighted by Gasteiger charge is 2.41. The van der Waals surface area contributed by atoms with Crippen LogP contribution in [0.25, 0.3) is 11.4 Å². The van der Waals surface area contributed by atoms with E-state index >= 15 is 0 Å². The molecule has 3 heterocycles. The van der Waals surface area contributed by atoms with Gasteiger partial charge < -0.3 is 19.1 Å². The maximum Gasteiger partial charge on any atom is 0.434 e. The first-order valence-corrected chi connectivity index (χ1v) is 17.8. The molecule has 0 saturated carbocycles. The molecule has 2 aromatic heterocycles. The normalized spacial score (nSPS) is 17.0. The third-order valence-electron chi connectivity index (χ3n) is 9.67. The van der Waals surface area contributed by atoms with Crippen molar-refractivity contribution in [2.45, 2.75) is 105 Å². The third kappa shape index (κ3) is 8.76. The van der Waals surface area contributed by atoms with E-state index in [0.717, 1.165) is 55.2 Å². The number of carbonyl (C=O) groups excluding carboxylic acids is 2. The van der Waals surface area contributed by atoms with Crippen LogP contribution in [0.15, 0.2) is 48.2 Å². The van der Waals surface area contributed by atoms with E-state index in [2.05, 4.69) is 43.0 Å². The van der Waals surface area contributed by atoms with Crippen molar-refractivity contribution in [2.24, 2.45) is 5.41 Å². The Bertz CT molecular complexity index is 1760. The lowest BCUT2D eigenvalue weighted by molar-refractivity contribution is -0.143. The van der Waals surface area contributed by atoms with Gasteiger partial charge in [0.2, 0.25) is 0 Å². The number of allylic oxidation sites excluding steroid dienone is 1. The van der Waals surface area contributed by atoms with Gasteiger partial charge in [0.05, 0.1) is 18.5 Å². The summed E-state index contributed by atoms with van der Waals surface area (Å²) in [4.78, 5) is 31.4.